The lowest BCUT2D eigenvalue weighted by Crippen LogP contribution is -2.42. The number of benzene rings is 1. The van der Waals surface area contributed by atoms with Crippen LogP contribution < -0.4 is 9.64 Å². The Kier molecular flexibility index (Phi) is 7.14. The van der Waals surface area contributed by atoms with E-state index in [1.54, 1.807) is 0 Å². The molecule has 0 unspecified atom stereocenters. The quantitative estimate of drug-likeness (QED) is 0.588. The number of rotatable bonds is 7. The summed E-state index contributed by atoms with van der Waals surface area (Å²) < 4.78 is 6.12. The maximum absolute atomic E-state index is 11.0. The van der Waals surface area contributed by atoms with Crippen molar-refractivity contribution in [2.24, 2.45) is 11.3 Å². The first kappa shape index (κ1) is 21.3. The van der Waals surface area contributed by atoms with Gasteiger partial charge >= 0.3 is 5.97 Å². The number of carboxylic acid groups (broad SMARTS) is 1. The monoisotopic (exact) mass is 407 g/mol. The van der Waals surface area contributed by atoms with Crippen LogP contribution in [0.4, 0.5) is 5.69 Å². The third kappa shape index (κ3) is 5.14. The molecular formula is C23H34ClNO3. The minimum atomic E-state index is -0.652. The third-order valence-corrected chi connectivity index (χ3v) is 7.24. The van der Waals surface area contributed by atoms with E-state index < -0.39 is 5.97 Å². The van der Waals surface area contributed by atoms with Gasteiger partial charge in [-0.2, -0.15) is 0 Å². The van der Waals surface area contributed by atoms with Crippen molar-refractivity contribution in [3.05, 3.63) is 23.2 Å². The molecular weight excluding hydrogens is 374 g/mol. The highest BCUT2D eigenvalue weighted by molar-refractivity contribution is 6.33. The Hall–Kier alpha value is -1.42. The molecule has 0 atom stereocenters. The van der Waals surface area contributed by atoms with Gasteiger partial charge in [0.1, 0.15) is 5.75 Å². The van der Waals surface area contributed by atoms with E-state index in [9.17, 15) is 4.79 Å². The van der Waals surface area contributed by atoms with E-state index in [4.69, 9.17) is 21.4 Å². The van der Waals surface area contributed by atoms with Crippen LogP contribution in [0.25, 0.3) is 0 Å². The molecule has 1 aliphatic heterocycles. The van der Waals surface area contributed by atoms with Crippen molar-refractivity contribution in [2.45, 2.75) is 77.7 Å². The predicted octanol–water partition coefficient (Wildman–Crippen LogP) is 6.16. The van der Waals surface area contributed by atoms with Crippen LogP contribution in [0.15, 0.2) is 18.2 Å². The van der Waals surface area contributed by atoms with E-state index in [2.05, 4.69) is 24.8 Å². The van der Waals surface area contributed by atoms with Gasteiger partial charge in [-0.25, -0.2) is 0 Å². The van der Waals surface area contributed by atoms with E-state index in [1.165, 1.54) is 25.7 Å². The Morgan fingerprint density at radius 1 is 1.21 bits per heavy atom. The van der Waals surface area contributed by atoms with Crippen molar-refractivity contribution in [3.8, 4) is 5.75 Å². The molecule has 5 heteroatoms. The lowest BCUT2D eigenvalue weighted by atomic mass is 9.65. The second-order valence-corrected chi connectivity index (χ2v) is 9.11. The number of hydrogen-bond donors (Lipinski definition) is 1. The molecule has 1 spiro atoms. The largest absolute Gasteiger partial charge is 0.490 e. The van der Waals surface area contributed by atoms with E-state index >= 15 is 0 Å². The molecule has 0 radical (unpaired) electrons. The second-order valence-electron chi connectivity index (χ2n) is 8.70. The van der Waals surface area contributed by atoms with Gasteiger partial charge in [0.2, 0.25) is 0 Å². The highest BCUT2D eigenvalue weighted by Gasteiger charge is 2.38. The molecule has 156 valence electrons. The molecule has 1 aromatic carbocycles. The Labute approximate surface area is 174 Å². The molecule has 28 heavy (non-hydrogen) atoms. The van der Waals surface area contributed by atoms with Gasteiger partial charge in [-0.1, -0.05) is 25.4 Å². The highest BCUT2D eigenvalue weighted by Crippen LogP contribution is 2.48. The molecule has 0 aromatic heterocycles. The molecule has 1 aromatic rings. The normalized spacial score (nSPS) is 19.9. The van der Waals surface area contributed by atoms with Crippen LogP contribution in [0, 0.1) is 11.3 Å². The van der Waals surface area contributed by atoms with Gasteiger partial charge < -0.3 is 14.7 Å². The molecule has 1 aliphatic carbocycles. The lowest BCUT2D eigenvalue weighted by Gasteiger charge is -2.46. The standard InChI is InChI=1S/C23H34ClNO3/c1-3-18(4-2)28-19-5-6-20(24)21(16-19)25-13-11-23(12-14-25)9-7-17(8-10-23)15-22(26)27/h5-6,16-18H,3-4,7-15H2,1-2H3,(H,26,27). The number of nitrogens with zero attached hydrogens (tertiary/aromatic N) is 1. The van der Waals surface area contributed by atoms with Gasteiger partial charge in [0.15, 0.2) is 0 Å². The molecule has 3 rings (SSSR count). The van der Waals surface area contributed by atoms with Gasteiger partial charge in [-0.05, 0) is 74.8 Å². The van der Waals surface area contributed by atoms with E-state index in [-0.39, 0.29) is 6.10 Å². The highest BCUT2D eigenvalue weighted by atomic mass is 35.5. The van der Waals surface area contributed by atoms with Gasteiger partial charge in [0.05, 0.1) is 16.8 Å². The zero-order chi connectivity index (χ0) is 20.1. The van der Waals surface area contributed by atoms with Crippen LogP contribution in [-0.2, 0) is 4.79 Å². The fourth-order valence-electron chi connectivity index (χ4n) is 4.92. The molecule has 0 amide bonds. The zero-order valence-electron chi connectivity index (χ0n) is 17.3. The van der Waals surface area contributed by atoms with Crippen LogP contribution in [0.3, 0.4) is 0 Å². The van der Waals surface area contributed by atoms with Gasteiger partial charge in [0, 0.05) is 25.6 Å². The van der Waals surface area contributed by atoms with Crippen molar-refractivity contribution < 1.29 is 14.6 Å². The van der Waals surface area contributed by atoms with E-state index in [0.29, 0.717) is 17.8 Å². The maximum Gasteiger partial charge on any atom is 0.303 e. The van der Waals surface area contributed by atoms with Gasteiger partial charge in [0.25, 0.3) is 0 Å². The van der Waals surface area contributed by atoms with Gasteiger partial charge in [-0.15, -0.1) is 0 Å². The average Bonchev–Trinajstić information content (AvgIpc) is 2.70. The van der Waals surface area contributed by atoms with Gasteiger partial charge in [-0.3, -0.25) is 4.79 Å². The van der Waals surface area contributed by atoms with E-state index in [0.717, 1.165) is 55.2 Å². The number of hydrogen-bond acceptors (Lipinski definition) is 3. The Morgan fingerprint density at radius 3 is 2.43 bits per heavy atom. The van der Waals surface area contributed by atoms with Crippen LogP contribution in [0.2, 0.25) is 5.02 Å². The maximum atomic E-state index is 11.0. The molecule has 4 nitrogen and oxygen atoms in total. The first-order chi connectivity index (χ1) is 13.4. The second kappa shape index (κ2) is 9.39. The molecule has 1 saturated heterocycles. The minimum absolute atomic E-state index is 0.250. The summed E-state index contributed by atoms with van der Waals surface area (Å²) in [5, 5.41) is 9.82. The average molecular weight is 408 g/mol. The Bertz CT molecular complexity index is 656. The summed E-state index contributed by atoms with van der Waals surface area (Å²) in [6.45, 7) is 6.33. The summed E-state index contributed by atoms with van der Waals surface area (Å²) in [6.07, 6.45) is 9.39. The summed E-state index contributed by atoms with van der Waals surface area (Å²) >= 11 is 6.53. The van der Waals surface area contributed by atoms with E-state index in [1.807, 2.05) is 12.1 Å². The van der Waals surface area contributed by atoms with Crippen molar-refractivity contribution in [3.63, 3.8) is 0 Å². The fraction of sp³-hybridized carbons (Fsp3) is 0.696. The van der Waals surface area contributed by atoms with Crippen LogP contribution in [0.5, 0.6) is 5.75 Å². The summed E-state index contributed by atoms with van der Waals surface area (Å²) in [4.78, 5) is 13.4. The van der Waals surface area contributed by atoms with Crippen molar-refractivity contribution in [1.29, 1.82) is 0 Å². The first-order valence-electron chi connectivity index (χ1n) is 10.9. The summed E-state index contributed by atoms with van der Waals surface area (Å²) in [6, 6.07) is 6.03. The summed E-state index contributed by atoms with van der Waals surface area (Å²) in [5.41, 5.74) is 1.49. The first-order valence-corrected chi connectivity index (χ1v) is 11.3. The topological polar surface area (TPSA) is 49.8 Å². The van der Waals surface area contributed by atoms with Crippen molar-refractivity contribution in [2.75, 3.05) is 18.0 Å². The molecule has 0 bridgehead atoms. The van der Waals surface area contributed by atoms with Crippen LogP contribution >= 0.6 is 11.6 Å². The third-order valence-electron chi connectivity index (χ3n) is 6.92. The Balaban J connectivity index is 1.60. The molecule has 2 aliphatic rings. The SMILES string of the molecule is CCC(CC)Oc1ccc(Cl)c(N2CCC3(CCC(CC(=O)O)CC3)CC2)c1. The Morgan fingerprint density at radius 2 is 1.86 bits per heavy atom. The van der Waals surface area contributed by atoms with Crippen LogP contribution in [0.1, 0.15) is 71.6 Å². The summed E-state index contributed by atoms with van der Waals surface area (Å²) in [5.74, 6) is 0.623. The number of piperidine rings is 1. The molecule has 1 heterocycles. The lowest BCUT2D eigenvalue weighted by molar-refractivity contribution is -0.138. The number of aliphatic carboxylic acids is 1. The van der Waals surface area contributed by atoms with Crippen molar-refractivity contribution >= 4 is 23.3 Å². The number of carbonyl (C=O) groups is 1. The predicted molar refractivity (Wildman–Crippen MR) is 115 cm³/mol. The molecule has 1 saturated carbocycles. The smallest absolute Gasteiger partial charge is 0.303 e. The fourth-order valence-corrected chi connectivity index (χ4v) is 5.16. The van der Waals surface area contributed by atoms with Crippen molar-refractivity contribution in [1.82, 2.24) is 0 Å². The summed E-state index contributed by atoms with van der Waals surface area (Å²) in [7, 11) is 0. The number of anilines is 1. The van der Waals surface area contributed by atoms with Crippen LogP contribution in [-0.4, -0.2) is 30.3 Å². The minimum Gasteiger partial charge on any atom is -0.490 e. The molecule has 1 N–H and O–H groups in total. The molecule has 2 fully saturated rings. The number of halogens is 1. The zero-order valence-corrected chi connectivity index (χ0v) is 18.0. The number of ether oxygens (including phenoxy) is 1. The number of carboxylic acids is 1.